The van der Waals surface area contributed by atoms with Crippen molar-refractivity contribution in [1.29, 1.82) is 0 Å². The molecular weight excluding hydrogens is 147 g/mol. The van der Waals surface area contributed by atoms with Gasteiger partial charge < -0.3 is 5.26 Å². The van der Waals surface area contributed by atoms with Gasteiger partial charge in [0.2, 0.25) is 0 Å². The van der Waals surface area contributed by atoms with Crippen molar-refractivity contribution < 1.29 is 66.6 Å². The third-order valence-corrected chi connectivity index (χ3v) is 1.09. The normalized spacial score (nSPS) is 9.33. The molecule has 0 aliphatic rings. The zero-order chi connectivity index (χ0) is 6.41. The summed E-state index contributed by atoms with van der Waals surface area (Å²) < 4.78 is 0. The summed E-state index contributed by atoms with van der Waals surface area (Å²) in [6.45, 7) is 3.88. The minimum atomic E-state index is -0.0347. The molecule has 4 heteroatoms. The maximum Gasteiger partial charge on any atom is 1.00 e. The van der Waals surface area contributed by atoms with Crippen LogP contribution < -0.4 is 56.6 Å². The van der Waals surface area contributed by atoms with Crippen LogP contribution in [0.15, 0.2) is 0 Å². The summed E-state index contributed by atoms with van der Waals surface area (Å²) in [5, 5.41) is 12.6. The van der Waals surface area contributed by atoms with Crippen molar-refractivity contribution in [1.82, 2.24) is 0 Å². The average Bonchev–Trinajstić information content (AvgIpc) is 1.83. The van der Waals surface area contributed by atoms with E-state index in [4.69, 9.17) is 0 Å². The van der Waals surface area contributed by atoms with Crippen molar-refractivity contribution in [2.75, 3.05) is 0 Å². The fourth-order valence-corrected chi connectivity index (χ4v) is 0.480. The van der Waals surface area contributed by atoms with Gasteiger partial charge in [0.15, 0.2) is 0 Å². The topological polar surface area (TPSA) is 41.5 Å². The molecule has 0 aliphatic carbocycles. The molecule has 50 valence electrons. The molecular formula is C5H11KO3. The molecule has 0 saturated carbocycles. The molecule has 0 fully saturated rings. The van der Waals surface area contributed by atoms with Gasteiger partial charge in [-0.2, -0.15) is 0 Å². The Hall–Kier alpha value is 1.52. The summed E-state index contributed by atoms with van der Waals surface area (Å²) in [7, 11) is 0. The molecule has 0 heterocycles. The van der Waals surface area contributed by atoms with Crippen molar-refractivity contribution >= 4 is 0 Å². The molecule has 0 bridgehead atoms. The van der Waals surface area contributed by atoms with Crippen LogP contribution in [-0.4, -0.2) is 6.10 Å². The van der Waals surface area contributed by atoms with Crippen LogP contribution in [0.25, 0.3) is 0 Å². The summed E-state index contributed by atoms with van der Waals surface area (Å²) in [5.41, 5.74) is 0. The van der Waals surface area contributed by atoms with Gasteiger partial charge in [-0.1, -0.05) is 13.8 Å². The Kier molecular flexibility index (Phi) is 13.9. The second-order valence-electron chi connectivity index (χ2n) is 1.60. The summed E-state index contributed by atoms with van der Waals surface area (Å²) in [6, 6.07) is 0. The summed E-state index contributed by atoms with van der Waals surface area (Å²) >= 11 is 0. The third-order valence-electron chi connectivity index (χ3n) is 1.09. The first kappa shape index (κ1) is 13.1. The molecule has 0 aromatic carbocycles. The smallest absolute Gasteiger partial charge is 0.692 e. The van der Waals surface area contributed by atoms with E-state index in [1.807, 2.05) is 13.8 Å². The third kappa shape index (κ3) is 7.41. The van der Waals surface area contributed by atoms with Crippen molar-refractivity contribution in [2.24, 2.45) is 0 Å². The zero-order valence-electron chi connectivity index (χ0n) is 6.22. The fourth-order valence-electron chi connectivity index (χ4n) is 0.480. The van der Waals surface area contributed by atoms with Crippen LogP contribution in [-0.2, 0) is 9.93 Å². The van der Waals surface area contributed by atoms with E-state index in [-0.39, 0.29) is 57.5 Å². The SMILES string of the molecule is CCC(CC)OO[O-].[K+]. The summed E-state index contributed by atoms with van der Waals surface area (Å²) in [4.78, 5) is 4.28. The van der Waals surface area contributed by atoms with Crippen molar-refractivity contribution in [3.8, 4) is 0 Å². The maximum absolute atomic E-state index is 9.34. The first-order chi connectivity index (χ1) is 3.85. The molecule has 0 aromatic rings. The van der Waals surface area contributed by atoms with E-state index in [2.05, 4.69) is 9.93 Å². The monoisotopic (exact) mass is 158 g/mol. The minimum absolute atomic E-state index is 0. The van der Waals surface area contributed by atoms with E-state index in [0.717, 1.165) is 12.8 Å². The Bertz CT molecular complexity index is 47.5. The van der Waals surface area contributed by atoms with Gasteiger partial charge in [0.05, 0.1) is 6.10 Å². The molecule has 0 saturated heterocycles. The second kappa shape index (κ2) is 9.52. The first-order valence-corrected chi connectivity index (χ1v) is 2.80. The van der Waals surface area contributed by atoms with Crippen molar-refractivity contribution in [3.63, 3.8) is 0 Å². The number of hydrogen-bond acceptors (Lipinski definition) is 3. The average molecular weight is 158 g/mol. The molecule has 0 spiro atoms. The molecule has 0 amide bonds. The van der Waals surface area contributed by atoms with E-state index in [1.165, 1.54) is 0 Å². The van der Waals surface area contributed by atoms with Crippen molar-refractivity contribution in [3.05, 3.63) is 0 Å². The molecule has 9 heavy (non-hydrogen) atoms. The van der Waals surface area contributed by atoms with Crippen LogP contribution >= 0.6 is 0 Å². The molecule has 0 aromatic heterocycles. The Morgan fingerprint density at radius 2 is 1.78 bits per heavy atom. The Morgan fingerprint density at radius 1 is 1.33 bits per heavy atom. The van der Waals surface area contributed by atoms with E-state index < -0.39 is 0 Å². The Balaban J connectivity index is 0. The predicted octanol–water partition coefficient (Wildman–Crippen LogP) is -2.60. The van der Waals surface area contributed by atoms with Crippen LogP contribution in [0.3, 0.4) is 0 Å². The van der Waals surface area contributed by atoms with Crippen LogP contribution in [0.5, 0.6) is 0 Å². The van der Waals surface area contributed by atoms with Crippen LogP contribution in [0.2, 0.25) is 0 Å². The molecule has 0 aliphatic heterocycles. The van der Waals surface area contributed by atoms with Gasteiger partial charge in [0, 0.05) is 0 Å². The molecule has 0 atom stereocenters. The van der Waals surface area contributed by atoms with Gasteiger partial charge in [-0.3, -0.25) is 5.04 Å². The molecule has 0 unspecified atom stereocenters. The molecule has 0 rings (SSSR count). The molecule has 0 radical (unpaired) electrons. The Labute approximate surface area is 98.0 Å². The van der Waals surface area contributed by atoms with E-state index >= 15 is 0 Å². The largest absolute Gasteiger partial charge is 1.00 e. The summed E-state index contributed by atoms with van der Waals surface area (Å²) in [6.07, 6.45) is 1.60. The summed E-state index contributed by atoms with van der Waals surface area (Å²) in [5.74, 6) is 0. The van der Waals surface area contributed by atoms with Crippen LogP contribution in [0.1, 0.15) is 26.7 Å². The van der Waals surface area contributed by atoms with E-state index in [0.29, 0.717) is 0 Å². The maximum atomic E-state index is 9.34. The Morgan fingerprint density at radius 3 is 1.89 bits per heavy atom. The van der Waals surface area contributed by atoms with Crippen LogP contribution in [0.4, 0.5) is 0 Å². The number of rotatable bonds is 4. The van der Waals surface area contributed by atoms with Gasteiger partial charge in [-0.25, -0.2) is 4.89 Å². The van der Waals surface area contributed by atoms with E-state index in [9.17, 15) is 5.26 Å². The zero-order valence-corrected chi connectivity index (χ0v) is 9.34. The van der Waals surface area contributed by atoms with E-state index in [1.54, 1.807) is 0 Å². The van der Waals surface area contributed by atoms with Gasteiger partial charge >= 0.3 is 51.4 Å². The molecule has 3 nitrogen and oxygen atoms in total. The fraction of sp³-hybridized carbons (Fsp3) is 1.00. The first-order valence-electron chi connectivity index (χ1n) is 2.80. The molecule has 0 N–H and O–H groups in total. The van der Waals surface area contributed by atoms with Crippen molar-refractivity contribution in [2.45, 2.75) is 32.8 Å². The standard InChI is InChI=1S/C5H12O3.K/c1-3-5(4-2)7-8-6;/h5-6H,3-4H2,1-2H3;/q;+1/p-1. The number of hydrogen-bond donors (Lipinski definition) is 0. The van der Waals surface area contributed by atoms with Gasteiger partial charge in [0.1, 0.15) is 0 Å². The van der Waals surface area contributed by atoms with Crippen LogP contribution in [0, 0.1) is 0 Å². The second-order valence-corrected chi connectivity index (χ2v) is 1.60. The minimum Gasteiger partial charge on any atom is -0.692 e. The van der Waals surface area contributed by atoms with Gasteiger partial charge in [-0.05, 0) is 12.8 Å². The quantitative estimate of drug-likeness (QED) is 0.256. The van der Waals surface area contributed by atoms with Gasteiger partial charge in [0.25, 0.3) is 0 Å². The predicted molar refractivity (Wildman–Crippen MR) is 26.5 cm³/mol. The van der Waals surface area contributed by atoms with Gasteiger partial charge in [-0.15, -0.1) is 0 Å².